The first kappa shape index (κ1) is 10.4. The van der Waals surface area contributed by atoms with E-state index in [9.17, 15) is 10.0 Å². The van der Waals surface area contributed by atoms with Crippen LogP contribution in [0.1, 0.15) is 6.92 Å². The molecule has 1 heterocycles. The molecule has 0 aliphatic carbocycles. The summed E-state index contributed by atoms with van der Waals surface area (Å²) in [6.45, 7) is 1.93. The van der Waals surface area contributed by atoms with Crippen LogP contribution in [0.5, 0.6) is 0 Å². The molecule has 3 N–H and O–H groups in total. The Bertz CT molecular complexity index is 303. The van der Waals surface area contributed by atoms with Crippen LogP contribution in [0.25, 0.3) is 0 Å². The number of pyridine rings is 1. The molecule has 0 aromatic carbocycles. The van der Waals surface area contributed by atoms with Crippen molar-refractivity contribution in [2.45, 2.75) is 6.92 Å². The van der Waals surface area contributed by atoms with E-state index >= 15 is 0 Å². The lowest BCUT2D eigenvalue weighted by Gasteiger charge is -2.26. The number of nitrogens with zero attached hydrogens (tertiary/aromatic N) is 3. The van der Waals surface area contributed by atoms with Gasteiger partial charge in [-0.15, -0.1) is 0 Å². The Labute approximate surface area is 81.5 Å². The van der Waals surface area contributed by atoms with Crippen molar-refractivity contribution < 1.29 is 10.0 Å². The summed E-state index contributed by atoms with van der Waals surface area (Å²) in [4.78, 5) is 14.8. The van der Waals surface area contributed by atoms with E-state index in [1.165, 1.54) is 6.20 Å². The first-order chi connectivity index (χ1) is 6.66. The third kappa shape index (κ3) is 2.18. The molecule has 1 aromatic heterocycles. The Hall–Kier alpha value is -1.66. The van der Waals surface area contributed by atoms with Crippen molar-refractivity contribution in [3.8, 4) is 0 Å². The van der Waals surface area contributed by atoms with Crippen LogP contribution in [0.3, 0.4) is 0 Å². The molecule has 0 saturated carbocycles. The zero-order valence-corrected chi connectivity index (χ0v) is 7.79. The minimum absolute atomic E-state index is 0.248. The quantitative estimate of drug-likeness (QED) is 0.693. The molecule has 6 nitrogen and oxygen atoms in total. The van der Waals surface area contributed by atoms with Gasteiger partial charge in [0.1, 0.15) is 0 Å². The number of nitrogens with two attached hydrogens (primary N) is 1. The van der Waals surface area contributed by atoms with Gasteiger partial charge >= 0.3 is 6.03 Å². The molecule has 1 aromatic rings. The normalized spacial score (nSPS) is 10.2. The van der Waals surface area contributed by atoms with E-state index in [0.29, 0.717) is 5.69 Å². The minimum Gasteiger partial charge on any atom is -0.350 e. The monoisotopic (exact) mass is 196 g/mol. The predicted octanol–water partition coefficient (Wildman–Crippen LogP) is 0.593. The van der Waals surface area contributed by atoms with Gasteiger partial charge < -0.3 is 5.73 Å². The molecule has 1 rings (SSSR count). The minimum atomic E-state index is -0.762. The van der Waals surface area contributed by atoms with Gasteiger partial charge in [0.25, 0.3) is 0 Å². The van der Waals surface area contributed by atoms with Crippen LogP contribution in [-0.4, -0.2) is 27.9 Å². The first-order valence-electron chi connectivity index (χ1n) is 4.12. The smallest absolute Gasteiger partial charge is 0.335 e. The van der Waals surface area contributed by atoms with Crippen LogP contribution in [0.2, 0.25) is 0 Å². The summed E-state index contributed by atoms with van der Waals surface area (Å²) in [5.41, 5.74) is 5.52. The number of carbonyl (C=O) groups excluding carboxylic acids is 1. The summed E-state index contributed by atoms with van der Waals surface area (Å²) in [5.74, 6) is 0. The highest BCUT2D eigenvalue weighted by atomic mass is 16.6. The van der Waals surface area contributed by atoms with Crippen molar-refractivity contribution in [1.29, 1.82) is 0 Å². The maximum Gasteiger partial charge on any atom is 0.335 e. The molecular weight excluding hydrogens is 184 g/mol. The largest absolute Gasteiger partial charge is 0.350 e. The standard InChI is InChI=1S/C8H12N4O2/c1-2-11(14)12(8(9)13)7-4-3-5-10-6-7/h3-6,14H,2H2,1H3,(H2,9,13). The Kier molecular flexibility index (Phi) is 3.38. The van der Waals surface area contributed by atoms with E-state index in [1.807, 2.05) is 0 Å². The molecule has 0 bridgehead atoms. The molecule has 0 fully saturated rings. The van der Waals surface area contributed by atoms with Crippen LogP contribution in [-0.2, 0) is 0 Å². The molecule has 6 heteroatoms. The first-order valence-corrected chi connectivity index (χ1v) is 4.12. The van der Waals surface area contributed by atoms with Gasteiger partial charge in [-0.3, -0.25) is 10.2 Å². The van der Waals surface area contributed by atoms with E-state index in [1.54, 1.807) is 25.3 Å². The second kappa shape index (κ2) is 4.54. The van der Waals surface area contributed by atoms with Crippen molar-refractivity contribution in [3.63, 3.8) is 0 Å². The van der Waals surface area contributed by atoms with Crippen LogP contribution in [0.4, 0.5) is 10.5 Å². The molecule has 76 valence electrons. The van der Waals surface area contributed by atoms with Crippen LogP contribution in [0.15, 0.2) is 24.5 Å². The van der Waals surface area contributed by atoms with Crippen molar-refractivity contribution in [3.05, 3.63) is 24.5 Å². The average Bonchev–Trinajstić information content (AvgIpc) is 2.19. The van der Waals surface area contributed by atoms with E-state index in [2.05, 4.69) is 4.98 Å². The number of hydrazine groups is 1. The zero-order valence-electron chi connectivity index (χ0n) is 7.79. The van der Waals surface area contributed by atoms with Crippen molar-refractivity contribution in [2.75, 3.05) is 11.6 Å². The number of anilines is 1. The second-order valence-electron chi connectivity index (χ2n) is 2.55. The van der Waals surface area contributed by atoms with Gasteiger partial charge in [0.2, 0.25) is 0 Å². The molecule has 0 aliphatic heterocycles. The lowest BCUT2D eigenvalue weighted by molar-refractivity contribution is -0.0872. The number of amides is 2. The molecular formula is C8H12N4O2. The highest BCUT2D eigenvalue weighted by Crippen LogP contribution is 2.12. The summed E-state index contributed by atoms with van der Waals surface area (Å²) in [7, 11) is 0. The Morgan fingerprint density at radius 1 is 1.71 bits per heavy atom. The maximum absolute atomic E-state index is 11.0. The zero-order chi connectivity index (χ0) is 10.6. The van der Waals surface area contributed by atoms with Crippen molar-refractivity contribution in [2.24, 2.45) is 5.73 Å². The third-order valence-electron chi connectivity index (χ3n) is 1.61. The SMILES string of the molecule is CCN(O)N(C(N)=O)c1cccnc1. The number of primary amides is 1. The fourth-order valence-corrected chi connectivity index (χ4v) is 0.995. The van der Waals surface area contributed by atoms with Crippen molar-refractivity contribution in [1.82, 2.24) is 10.2 Å². The third-order valence-corrected chi connectivity index (χ3v) is 1.61. The number of hydrogen-bond acceptors (Lipinski definition) is 4. The lowest BCUT2D eigenvalue weighted by Crippen LogP contribution is -2.47. The Morgan fingerprint density at radius 2 is 2.43 bits per heavy atom. The van der Waals surface area contributed by atoms with Crippen LogP contribution >= 0.6 is 0 Å². The molecule has 0 saturated heterocycles. The molecule has 0 unspecified atom stereocenters. The van der Waals surface area contributed by atoms with Crippen molar-refractivity contribution >= 4 is 11.7 Å². The fourth-order valence-electron chi connectivity index (χ4n) is 0.995. The van der Waals surface area contributed by atoms with Crippen LogP contribution < -0.4 is 10.7 Å². The number of carbonyl (C=O) groups is 1. The number of rotatable bonds is 3. The Balaban J connectivity index is 2.95. The molecule has 2 amide bonds. The van der Waals surface area contributed by atoms with Gasteiger partial charge in [-0.1, -0.05) is 5.17 Å². The van der Waals surface area contributed by atoms with Gasteiger partial charge in [-0.25, -0.2) is 4.79 Å². The number of aromatic nitrogens is 1. The van der Waals surface area contributed by atoms with Gasteiger partial charge in [0.15, 0.2) is 0 Å². The van der Waals surface area contributed by atoms with E-state index in [-0.39, 0.29) is 6.54 Å². The fraction of sp³-hybridized carbons (Fsp3) is 0.250. The topological polar surface area (TPSA) is 82.7 Å². The number of urea groups is 1. The Morgan fingerprint density at radius 3 is 2.86 bits per heavy atom. The highest BCUT2D eigenvalue weighted by Gasteiger charge is 2.17. The summed E-state index contributed by atoms with van der Waals surface area (Å²) < 4.78 is 0. The highest BCUT2D eigenvalue weighted by molar-refractivity contribution is 5.89. The molecule has 14 heavy (non-hydrogen) atoms. The number of hydrogen-bond donors (Lipinski definition) is 2. The van der Waals surface area contributed by atoms with Crippen LogP contribution in [0, 0.1) is 0 Å². The molecule has 0 atom stereocenters. The second-order valence-corrected chi connectivity index (χ2v) is 2.55. The van der Waals surface area contributed by atoms with E-state index in [4.69, 9.17) is 5.73 Å². The molecule has 0 spiro atoms. The van der Waals surface area contributed by atoms with E-state index < -0.39 is 6.03 Å². The average molecular weight is 196 g/mol. The maximum atomic E-state index is 11.0. The number of hydroxylamine groups is 1. The summed E-state index contributed by atoms with van der Waals surface area (Å²) in [6.07, 6.45) is 3.00. The summed E-state index contributed by atoms with van der Waals surface area (Å²) >= 11 is 0. The van der Waals surface area contributed by atoms with Gasteiger partial charge in [0.05, 0.1) is 11.9 Å². The van der Waals surface area contributed by atoms with Gasteiger partial charge in [-0.05, 0) is 19.1 Å². The summed E-state index contributed by atoms with van der Waals surface area (Å²) in [5, 5.41) is 11.0. The molecule has 0 aliphatic rings. The lowest BCUT2D eigenvalue weighted by atomic mass is 10.4. The van der Waals surface area contributed by atoms with Gasteiger partial charge in [0, 0.05) is 12.7 Å². The molecule has 0 radical (unpaired) electrons. The summed E-state index contributed by atoms with van der Waals surface area (Å²) in [6, 6.07) is 2.51. The van der Waals surface area contributed by atoms with Gasteiger partial charge in [-0.2, -0.15) is 5.01 Å². The van der Waals surface area contributed by atoms with E-state index in [0.717, 1.165) is 10.2 Å². The predicted molar refractivity (Wildman–Crippen MR) is 50.5 cm³/mol.